The van der Waals surface area contributed by atoms with Gasteiger partial charge in [-0.25, -0.2) is 4.79 Å². The zero-order valence-corrected chi connectivity index (χ0v) is 23.8. The van der Waals surface area contributed by atoms with Gasteiger partial charge in [0.05, 0.1) is 38.5 Å². The highest BCUT2D eigenvalue weighted by Crippen LogP contribution is 2.32. The number of nitrogens with one attached hydrogen (secondary N) is 1. The number of methoxy groups -OCH3 is 2. The van der Waals surface area contributed by atoms with Crippen molar-refractivity contribution in [2.75, 3.05) is 31.0 Å². The molecule has 0 aromatic heterocycles. The molecule has 0 unspecified atom stereocenters. The molecule has 2 amide bonds. The third-order valence-corrected chi connectivity index (χ3v) is 6.93. The van der Waals surface area contributed by atoms with Crippen molar-refractivity contribution in [2.45, 2.75) is 25.9 Å². The molecule has 1 aliphatic rings. The van der Waals surface area contributed by atoms with Crippen LogP contribution in [0.3, 0.4) is 0 Å². The van der Waals surface area contributed by atoms with Gasteiger partial charge in [0.25, 0.3) is 5.91 Å². The van der Waals surface area contributed by atoms with E-state index in [-0.39, 0.29) is 36.5 Å². The average molecular weight is 582 g/mol. The highest BCUT2D eigenvalue weighted by Gasteiger charge is 2.44. The summed E-state index contributed by atoms with van der Waals surface area (Å²) in [6, 6.07) is 17.6. The van der Waals surface area contributed by atoms with Crippen LogP contribution in [0.1, 0.15) is 29.3 Å². The molecule has 1 heterocycles. The molecular formula is C29H28ClN3O6S. The van der Waals surface area contributed by atoms with Gasteiger partial charge in [0.2, 0.25) is 5.91 Å². The topological polar surface area (TPSA) is 97.4 Å². The molecule has 3 aromatic rings. The Kier molecular flexibility index (Phi) is 9.23. The van der Waals surface area contributed by atoms with Crippen molar-refractivity contribution in [1.29, 1.82) is 0 Å². The Bertz CT molecular complexity index is 1410. The van der Waals surface area contributed by atoms with E-state index in [0.717, 1.165) is 5.56 Å². The number of benzene rings is 3. The third kappa shape index (κ3) is 6.35. The average Bonchev–Trinajstić information content (AvgIpc) is 3.18. The number of rotatable bonds is 10. The van der Waals surface area contributed by atoms with E-state index in [1.54, 1.807) is 79.6 Å². The highest BCUT2D eigenvalue weighted by molar-refractivity contribution is 7.80. The first kappa shape index (κ1) is 28.8. The van der Waals surface area contributed by atoms with Gasteiger partial charge in [-0.15, -0.1) is 0 Å². The van der Waals surface area contributed by atoms with Crippen LogP contribution in [0.15, 0.2) is 66.7 Å². The first-order chi connectivity index (χ1) is 19.2. The number of halogens is 1. The second kappa shape index (κ2) is 12.8. The number of carbonyl (C=O) groups is 3. The number of thiocarbonyl (C=S) groups is 1. The Morgan fingerprint density at radius 1 is 0.975 bits per heavy atom. The van der Waals surface area contributed by atoms with Crippen LogP contribution >= 0.6 is 23.8 Å². The number of ether oxygens (including phenoxy) is 3. The fourth-order valence-electron chi connectivity index (χ4n) is 4.31. The van der Waals surface area contributed by atoms with Crippen molar-refractivity contribution in [3.05, 3.63) is 82.9 Å². The van der Waals surface area contributed by atoms with Crippen LogP contribution in [0.4, 0.5) is 11.4 Å². The molecule has 208 valence electrons. The van der Waals surface area contributed by atoms with E-state index in [0.29, 0.717) is 33.5 Å². The summed E-state index contributed by atoms with van der Waals surface area (Å²) in [5, 5.41) is 3.58. The third-order valence-electron chi connectivity index (χ3n) is 6.26. The van der Waals surface area contributed by atoms with E-state index in [1.807, 2.05) is 6.07 Å². The molecular weight excluding hydrogens is 554 g/mol. The molecule has 0 spiro atoms. The summed E-state index contributed by atoms with van der Waals surface area (Å²) in [6.07, 6.45) is -0.147. The molecule has 0 saturated carbocycles. The number of nitrogens with zero attached hydrogens (tertiary/aromatic N) is 2. The molecule has 9 nitrogen and oxygen atoms in total. The lowest BCUT2D eigenvalue weighted by Gasteiger charge is -2.24. The van der Waals surface area contributed by atoms with E-state index in [1.165, 1.54) is 12.0 Å². The number of carbonyl (C=O) groups excluding carboxylic acids is 3. The first-order valence-corrected chi connectivity index (χ1v) is 13.2. The van der Waals surface area contributed by atoms with E-state index in [2.05, 4.69) is 5.32 Å². The number of hydrogen-bond acceptors (Lipinski definition) is 7. The molecule has 1 atom stereocenters. The predicted octanol–water partition coefficient (Wildman–Crippen LogP) is 5.07. The molecule has 4 rings (SSSR count). The summed E-state index contributed by atoms with van der Waals surface area (Å²) in [7, 11) is 3.09. The normalized spacial score (nSPS) is 14.8. The lowest BCUT2D eigenvalue weighted by Crippen LogP contribution is -2.37. The van der Waals surface area contributed by atoms with E-state index >= 15 is 0 Å². The predicted molar refractivity (Wildman–Crippen MR) is 156 cm³/mol. The van der Waals surface area contributed by atoms with E-state index < -0.39 is 12.0 Å². The summed E-state index contributed by atoms with van der Waals surface area (Å²) >= 11 is 11.7. The van der Waals surface area contributed by atoms with Gasteiger partial charge in [0.1, 0.15) is 6.04 Å². The SMILES string of the molecule is CCOC(=O)c1ccc(N2C(=O)[C@H](CC(=O)Nc3ccc(Cl)cc3)N(Cc3ccc(OC)c(OC)c3)C2=S)cc1. The van der Waals surface area contributed by atoms with Crippen molar-refractivity contribution >= 4 is 58.1 Å². The van der Waals surface area contributed by atoms with Crippen LogP contribution in [0, 0.1) is 0 Å². The monoisotopic (exact) mass is 581 g/mol. The van der Waals surface area contributed by atoms with Crippen LogP contribution in [0.2, 0.25) is 5.02 Å². The molecule has 0 aliphatic carbocycles. The van der Waals surface area contributed by atoms with Gasteiger partial charge >= 0.3 is 5.97 Å². The molecule has 40 heavy (non-hydrogen) atoms. The minimum atomic E-state index is -0.877. The molecule has 1 aliphatic heterocycles. The van der Waals surface area contributed by atoms with Gasteiger partial charge in [0, 0.05) is 17.3 Å². The van der Waals surface area contributed by atoms with Crippen molar-refractivity contribution in [2.24, 2.45) is 0 Å². The molecule has 0 bridgehead atoms. The first-order valence-electron chi connectivity index (χ1n) is 12.4. The Morgan fingerprint density at radius 3 is 2.27 bits per heavy atom. The van der Waals surface area contributed by atoms with Gasteiger partial charge < -0.3 is 24.4 Å². The summed E-state index contributed by atoms with van der Waals surface area (Å²) in [4.78, 5) is 42.0. The summed E-state index contributed by atoms with van der Waals surface area (Å²) in [5.41, 5.74) is 2.18. The fourth-order valence-corrected chi connectivity index (χ4v) is 4.82. The number of anilines is 2. The molecule has 3 aromatic carbocycles. The zero-order valence-electron chi connectivity index (χ0n) is 22.2. The van der Waals surface area contributed by atoms with Crippen LogP contribution in [-0.4, -0.2) is 54.7 Å². The summed E-state index contributed by atoms with van der Waals surface area (Å²) in [5.74, 6) is -0.0921. The molecule has 0 radical (unpaired) electrons. The van der Waals surface area contributed by atoms with Gasteiger partial charge in [-0.1, -0.05) is 17.7 Å². The van der Waals surface area contributed by atoms with Gasteiger partial charge in [-0.3, -0.25) is 14.5 Å². The Hall–Kier alpha value is -4.15. The molecule has 11 heteroatoms. The summed E-state index contributed by atoms with van der Waals surface area (Å²) in [6.45, 7) is 2.21. The number of esters is 1. The maximum Gasteiger partial charge on any atom is 0.338 e. The van der Waals surface area contributed by atoms with Crippen LogP contribution in [0.25, 0.3) is 0 Å². The Morgan fingerprint density at radius 2 is 1.65 bits per heavy atom. The van der Waals surface area contributed by atoms with E-state index in [9.17, 15) is 14.4 Å². The Balaban J connectivity index is 1.62. The maximum atomic E-state index is 13.8. The minimum absolute atomic E-state index is 0.147. The summed E-state index contributed by atoms with van der Waals surface area (Å²) < 4.78 is 15.8. The molecule has 1 N–H and O–H groups in total. The Labute approximate surface area is 242 Å². The van der Waals surface area contributed by atoms with Crippen molar-refractivity contribution in [3.63, 3.8) is 0 Å². The van der Waals surface area contributed by atoms with Crippen molar-refractivity contribution < 1.29 is 28.6 Å². The second-order valence-corrected chi connectivity index (χ2v) is 9.62. The van der Waals surface area contributed by atoms with Gasteiger partial charge in [-0.05, 0) is 85.4 Å². The smallest absolute Gasteiger partial charge is 0.338 e. The molecule has 1 saturated heterocycles. The maximum absolute atomic E-state index is 13.8. The van der Waals surface area contributed by atoms with Gasteiger partial charge in [-0.2, -0.15) is 0 Å². The van der Waals surface area contributed by atoms with Crippen LogP contribution in [0.5, 0.6) is 11.5 Å². The zero-order chi connectivity index (χ0) is 28.8. The molecule has 1 fully saturated rings. The van der Waals surface area contributed by atoms with Crippen LogP contribution < -0.4 is 19.7 Å². The van der Waals surface area contributed by atoms with Crippen molar-refractivity contribution in [1.82, 2.24) is 4.90 Å². The number of amides is 2. The van der Waals surface area contributed by atoms with E-state index in [4.69, 9.17) is 38.0 Å². The lowest BCUT2D eigenvalue weighted by molar-refractivity contribution is -0.124. The highest BCUT2D eigenvalue weighted by atomic mass is 35.5. The standard InChI is InChI=1S/C29H28ClN3O6S/c1-4-39-28(36)19-6-12-22(13-7-19)33-27(35)23(16-26(34)31-21-10-8-20(30)9-11-21)32(29(33)40)17-18-5-14-24(37-2)25(15-18)38-3/h5-15,23H,4,16-17H2,1-3H3,(H,31,34)/t23-/m0/s1. The van der Waals surface area contributed by atoms with Crippen molar-refractivity contribution in [3.8, 4) is 11.5 Å². The van der Waals surface area contributed by atoms with Crippen LogP contribution in [-0.2, 0) is 20.9 Å². The largest absolute Gasteiger partial charge is 0.493 e. The number of hydrogen-bond donors (Lipinski definition) is 1. The van der Waals surface area contributed by atoms with Gasteiger partial charge in [0.15, 0.2) is 16.6 Å². The fraction of sp³-hybridized carbons (Fsp3) is 0.241. The lowest BCUT2D eigenvalue weighted by atomic mass is 10.1. The minimum Gasteiger partial charge on any atom is -0.493 e. The quantitative estimate of drug-likeness (QED) is 0.262. The second-order valence-electron chi connectivity index (χ2n) is 8.82.